The topological polar surface area (TPSA) is 27.7 Å². The predicted octanol–water partition coefficient (Wildman–Crippen LogP) is 11.0. The quantitative estimate of drug-likeness (QED) is 0.0533. The Morgan fingerprint density at radius 1 is 0.444 bits per heavy atom. The molecule has 0 aliphatic rings. The Morgan fingerprint density at radius 2 is 0.722 bits per heavy atom. The second-order valence-electron chi connectivity index (χ2n) is 11.4. The van der Waals surface area contributed by atoms with Crippen molar-refractivity contribution in [3.05, 3.63) is 0 Å². The fourth-order valence-electron chi connectivity index (χ4n) is 5.78. The van der Waals surface area contributed by atoms with Crippen LogP contribution in [-0.4, -0.2) is 54.8 Å². The molecular formula is C30H66ClO3PSi. The molecule has 0 N–H and O–H groups in total. The first-order valence-electron chi connectivity index (χ1n) is 15.7. The standard InChI is InChI=1S/C30H66ClO3PSi/c1-7-10-13-16-19-22-26-35(31,27-23-20-17-14-11-8-2,28-24-21-18-15-12-9-3)29-25-30-36(32-4,33-5)34-6/h7-30H2,1-6H3. The molecule has 0 spiro atoms. The van der Waals surface area contributed by atoms with Crippen LogP contribution in [0.4, 0.5) is 0 Å². The zero-order valence-corrected chi connectivity index (χ0v) is 28.2. The van der Waals surface area contributed by atoms with Crippen molar-refractivity contribution < 1.29 is 13.3 Å². The molecule has 3 nitrogen and oxygen atoms in total. The molecule has 0 fully saturated rings. The van der Waals surface area contributed by atoms with Gasteiger partial charge in [0.15, 0.2) is 0 Å². The molecule has 0 unspecified atom stereocenters. The second kappa shape index (κ2) is 22.6. The molecule has 220 valence electrons. The zero-order chi connectivity index (χ0) is 27.0. The van der Waals surface area contributed by atoms with Gasteiger partial charge in [-0.05, 0) is 0 Å². The summed E-state index contributed by atoms with van der Waals surface area (Å²) in [6.07, 6.45) is 30.4. The summed E-state index contributed by atoms with van der Waals surface area (Å²) in [7, 11) is 2.67. The Labute approximate surface area is 233 Å². The molecule has 0 aromatic carbocycles. The van der Waals surface area contributed by atoms with Crippen LogP contribution in [0.2, 0.25) is 6.04 Å². The summed E-state index contributed by atoms with van der Waals surface area (Å²) in [5.41, 5.74) is 0. The molecule has 0 aromatic rings. The van der Waals surface area contributed by atoms with Gasteiger partial charge in [0.1, 0.15) is 0 Å². The van der Waals surface area contributed by atoms with E-state index in [0.717, 1.165) is 12.5 Å². The van der Waals surface area contributed by atoms with Crippen molar-refractivity contribution in [3.8, 4) is 0 Å². The van der Waals surface area contributed by atoms with E-state index in [9.17, 15) is 0 Å². The van der Waals surface area contributed by atoms with Gasteiger partial charge in [-0.25, -0.2) is 0 Å². The van der Waals surface area contributed by atoms with Crippen molar-refractivity contribution in [2.24, 2.45) is 0 Å². The monoisotopic (exact) mass is 568 g/mol. The van der Waals surface area contributed by atoms with E-state index in [2.05, 4.69) is 20.8 Å². The van der Waals surface area contributed by atoms with Gasteiger partial charge in [-0.3, -0.25) is 0 Å². The van der Waals surface area contributed by atoms with Crippen LogP contribution in [0.3, 0.4) is 0 Å². The summed E-state index contributed by atoms with van der Waals surface area (Å²) in [4.78, 5) is 0. The molecule has 0 aromatic heterocycles. The summed E-state index contributed by atoms with van der Waals surface area (Å²) in [5.74, 6) is -2.31. The SMILES string of the molecule is CCCCCCCCP(Cl)(CCCCCCCC)(CCCCCCCC)CCC[Si](OC)(OC)OC. The molecule has 0 saturated carbocycles. The molecule has 36 heavy (non-hydrogen) atoms. The first-order valence-corrected chi connectivity index (χ1v) is 21.6. The van der Waals surface area contributed by atoms with Gasteiger partial charge in [0.05, 0.1) is 0 Å². The van der Waals surface area contributed by atoms with Crippen LogP contribution < -0.4 is 0 Å². The Morgan fingerprint density at radius 3 is 1.03 bits per heavy atom. The Bertz CT molecular complexity index is 439. The van der Waals surface area contributed by atoms with Crippen LogP contribution in [0.5, 0.6) is 0 Å². The molecule has 6 heteroatoms. The van der Waals surface area contributed by atoms with Gasteiger partial charge in [-0.2, -0.15) is 0 Å². The first kappa shape index (κ1) is 36.8. The summed E-state index contributed by atoms with van der Waals surface area (Å²) in [6, 6.07) is 0.880. The Balaban J connectivity index is 5.37. The molecule has 0 atom stereocenters. The van der Waals surface area contributed by atoms with Crippen molar-refractivity contribution in [2.75, 3.05) is 46.0 Å². The second-order valence-corrected chi connectivity index (χ2v) is 22.8. The molecule has 0 amide bonds. The molecule has 0 aliphatic heterocycles. The molecule has 0 heterocycles. The summed E-state index contributed by atoms with van der Waals surface area (Å²) in [6.45, 7) is 6.90. The third kappa shape index (κ3) is 16.7. The molecule has 0 saturated heterocycles. The van der Waals surface area contributed by atoms with E-state index in [1.807, 2.05) is 0 Å². The van der Waals surface area contributed by atoms with Gasteiger partial charge < -0.3 is 0 Å². The van der Waals surface area contributed by atoms with Gasteiger partial charge in [0.25, 0.3) is 0 Å². The Hall–Kier alpha value is 0.817. The van der Waals surface area contributed by atoms with Gasteiger partial charge >= 0.3 is 234 Å². The average molecular weight is 569 g/mol. The van der Waals surface area contributed by atoms with E-state index >= 15 is 0 Å². The van der Waals surface area contributed by atoms with E-state index in [-0.39, 0.29) is 0 Å². The number of unbranched alkanes of at least 4 members (excludes halogenated alkanes) is 15. The van der Waals surface area contributed by atoms with E-state index in [1.54, 1.807) is 21.3 Å². The van der Waals surface area contributed by atoms with Gasteiger partial charge in [0, 0.05) is 0 Å². The van der Waals surface area contributed by atoms with E-state index in [0.29, 0.717) is 0 Å². The molecule has 0 aliphatic carbocycles. The number of hydrogen-bond acceptors (Lipinski definition) is 3. The minimum atomic E-state index is -2.55. The number of hydrogen-bond donors (Lipinski definition) is 0. The fraction of sp³-hybridized carbons (Fsp3) is 1.00. The molecular weight excluding hydrogens is 503 g/mol. The number of halogens is 1. The van der Waals surface area contributed by atoms with Crippen molar-refractivity contribution in [3.63, 3.8) is 0 Å². The summed E-state index contributed by atoms with van der Waals surface area (Å²) >= 11 is 8.10. The molecule has 0 rings (SSSR count). The van der Waals surface area contributed by atoms with Crippen molar-refractivity contribution in [1.82, 2.24) is 0 Å². The van der Waals surface area contributed by atoms with Crippen LogP contribution in [0.1, 0.15) is 143 Å². The first-order chi connectivity index (χ1) is 17.4. The van der Waals surface area contributed by atoms with Gasteiger partial charge in [-0.15, -0.1) is 0 Å². The average Bonchev–Trinajstić information content (AvgIpc) is 2.89. The molecule has 0 bridgehead atoms. The number of rotatable bonds is 28. The minimum absolute atomic E-state index is 0.880. The summed E-state index contributed by atoms with van der Waals surface area (Å²) in [5, 5.41) is 0. The maximum absolute atomic E-state index is 8.10. The van der Waals surface area contributed by atoms with Crippen molar-refractivity contribution in [1.29, 1.82) is 0 Å². The molecule has 0 radical (unpaired) electrons. The fourth-order valence-corrected chi connectivity index (χ4v) is 14.6. The van der Waals surface area contributed by atoms with Crippen molar-refractivity contribution >= 4 is 26.0 Å². The summed E-state index contributed by atoms with van der Waals surface area (Å²) < 4.78 is 17.3. The zero-order valence-electron chi connectivity index (χ0n) is 25.5. The van der Waals surface area contributed by atoms with Crippen LogP contribution in [0, 0.1) is 0 Å². The maximum atomic E-state index is 8.10. The van der Waals surface area contributed by atoms with Crippen LogP contribution in [-0.2, 0) is 13.3 Å². The van der Waals surface area contributed by atoms with Gasteiger partial charge in [0.2, 0.25) is 0 Å². The van der Waals surface area contributed by atoms with Crippen LogP contribution >= 0.6 is 17.2 Å². The van der Waals surface area contributed by atoms with E-state index in [1.165, 1.54) is 140 Å². The predicted molar refractivity (Wildman–Crippen MR) is 169 cm³/mol. The van der Waals surface area contributed by atoms with E-state index in [4.69, 9.17) is 24.5 Å². The van der Waals surface area contributed by atoms with Crippen LogP contribution in [0.15, 0.2) is 0 Å². The van der Waals surface area contributed by atoms with Crippen LogP contribution in [0.25, 0.3) is 0 Å². The van der Waals surface area contributed by atoms with E-state index < -0.39 is 14.8 Å². The normalized spacial score (nSPS) is 13.7. The third-order valence-electron chi connectivity index (χ3n) is 8.34. The van der Waals surface area contributed by atoms with Crippen molar-refractivity contribution in [2.45, 2.75) is 149 Å². The van der Waals surface area contributed by atoms with Gasteiger partial charge in [-0.1, -0.05) is 0 Å². The Kier molecular flexibility index (Phi) is 23.1. The third-order valence-corrected chi connectivity index (χ3v) is 18.9.